The maximum absolute atomic E-state index is 6.01. The van der Waals surface area contributed by atoms with Gasteiger partial charge in [-0.2, -0.15) is 0 Å². The Bertz CT molecular complexity index is 307. The van der Waals surface area contributed by atoms with E-state index < -0.39 is 0 Å². The normalized spacial score (nSPS) is 18.0. The molecule has 2 rings (SSSR count). The van der Waals surface area contributed by atoms with Gasteiger partial charge < -0.3 is 11.1 Å². The van der Waals surface area contributed by atoms with Crippen LogP contribution in [0.5, 0.6) is 0 Å². The quantitative estimate of drug-likeness (QED) is 0.724. The number of hydrogen-bond donors (Lipinski definition) is 2. The molecule has 4 heteroatoms. The molecular weight excluding hydrogens is 206 g/mol. The van der Waals surface area contributed by atoms with E-state index in [1.54, 1.807) is 11.3 Å². The van der Waals surface area contributed by atoms with Crippen molar-refractivity contribution in [2.45, 2.75) is 38.8 Å². The first-order valence-electron chi connectivity index (χ1n) is 5.63. The van der Waals surface area contributed by atoms with Crippen LogP contribution in [-0.2, 0) is 6.54 Å². The van der Waals surface area contributed by atoms with Gasteiger partial charge in [0.2, 0.25) is 0 Å². The first-order chi connectivity index (χ1) is 7.25. The number of nitrogens with zero attached hydrogens (tertiary/aromatic N) is 1. The van der Waals surface area contributed by atoms with E-state index in [1.165, 1.54) is 17.7 Å². The zero-order valence-electron chi connectivity index (χ0n) is 9.20. The Morgan fingerprint density at radius 2 is 2.47 bits per heavy atom. The highest BCUT2D eigenvalue weighted by molar-refractivity contribution is 7.11. The van der Waals surface area contributed by atoms with Crippen molar-refractivity contribution in [1.29, 1.82) is 0 Å². The van der Waals surface area contributed by atoms with Crippen LogP contribution in [0.15, 0.2) is 6.20 Å². The van der Waals surface area contributed by atoms with Gasteiger partial charge in [-0.1, -0.05) is 0 Å². The summed E-state index contributed by atoms with van der Waals surface area (Å²) < 4.78 is 0. The number of aryl methyl sites for hydroxylation is 1. The predicted octanol–water partition coefficient (Wildman–Crippen LogP) is 1.67. The van der Waals surface area contributed by atoms with Crippen molar-refractivity contribution < 1.29 is 0 Å². The minimum Gasteiger partial charge on any atom is -0.327 e. The van der Waals surface area contributed by atoms with Gasteiger partial charge in [-0.3, -0.25) is 0 Å². The second-order valence-corrected chi connectivity index (χ2v) is 5.63. The van der Waals surface area contributed by atoms with Gasteiger partial charge in [-0.05, 0) is 38.6 Å². The molecule has 3 N–H and O–H groups in total. The summed E-state index contributed by atoms with van der Waals surface area (Å²) in [5.74, 6) is 0.817. The van der Waals surface area contributed by atoms with Crippen LogP contribution in [0.2, 0.25) is 0 Å². The second-order valence-electron chi connectivity index (χ2n) is 4.31. The summed E-state index contributed by atoms with van der Waals surface area (Å²) in [5.41, 5.74) is 6.01. The van der Waals surface area contributed by atoms with E-state index in [2.05, 4.69) is 10.3 Å². The number of aromatic nitrogens is 1. The number of nitrogens with two attached hydrogens (primary N) is 1. The lowest BCUT2D eigenvalue weighted by Gasteiger charge is -2.09. The van der Waals surface area contributed by atoms with Crippen LogP contribution in [0.1, 0.15) is 29.1 Å². The molecule has 84 valence electrons. The fourth-order valence-electron chi connectivity index (χ4n) is 1.73. The summed E-state index contributed by atoms with van der Waals surface area (Å²) in [4.78, 5) is 5.54. The van der Waals surface area contributed by atoms with Crippen LogP contribution in [0.4, 0.5) is 0 Å². The smallest absolute Gasteiger partial charge is 0.0897 e. The Labute approximate surface area is 95.1 Å². The van der Waals surface area contributed by atoms with Crippen molar-refractivity contribution in [3.05, 3.63) is 16.1 Å². The third-order valence-corrected chi connectivity index (χ3v) is 3.76. The maximum atomic E-state index is 6.01. The predicted molar refractivity (Wildman–Crippen MR) is 63.9 cm³/mol. The van der Waals surface area contributed by atoms with Gasteiger partial charge in [-0.15, -0.1) is 11.3 Å². The van der Waals surface area contributed by atoms with Crippen molar-refractivity contribution in [1.82, 2.24) is 10.3 Å². The molecule has 1 aliphatic rings. The van der Waals surface area contributed by atoms with Crippen molar-refractivity contribution in [3.8, 4) is 0 Å². The topological polar surface area (TPSA) is 50.9 Å². The minimum absolute atomic E-state index is 0.417. The van der Waals surface area contributed by atoms with E-state index in [0.29, 0.717) is 6.04 Å². The molecule has 0 spiro atoms. The largest absolute Gasteiger partial charge is 0.327 e. The molecule has 0 radical (unpaired) electrons. The SMILES string of the molecule is Cc1ncc(CNCCC(N)C2CC2)s1. The van der Waals surface area contributed by atoms with Gasteiger partial charge in [0.1, 0.15) is 0 Å². The molecule has 0 bridgehead atoms. The number of nitrogens with one attached hydrogen (secondary N) is 1. The molecule has 15 heavy (non-hydrogen) atoms. The Morgan fingerprint density at radius 1 is 1.67 bits per heavy atom. The van der Waals surface area contributed by atoms with E-state index in [1.807, 2.05) is 13.1 Å². The average Bonchev–Trinajstić information content (AvgIpc) is 2.98. The molecule has 0 saturated heterocycles. The molecule has 0 aromatic carbocycles. The Morgan fingerprint density at radius 3 is 3.07 bits per heavy atom. The summed E-state index contributed by atoms with van der Waals surface area (Å²) in [5, 5.41) is 4.56. The first kappa shape index (κ1) is 11.0. The Kier molecular flexibility index (Phi) is 3.72. The van der Waals surface area contributed by atoms with E-state index in [9.17, 15) is 0 Å². The van der Waals surface area contributed by atoms with Crippen molar-refractivity contribution in [2.75, 3.05) is 6.54 Å². The zero-order chi connectivity index (χ0) is 10.7. The van der Waals surface area contributed by atoms with Gasteiger partial charge in [0.05, 0.1) is 5.01 Å². The molecule has 1 heterocycles. The Balaban J connectivity index is 1.58. The molecule has 3 nitrogen and oxygen atoms in total. The maximum Gasteiger partial charge on any atom is 0.0897 e. The molecule has 1 aromatic heterocycles. The van der Waals surface area contributed by atoms with Gasteiger partial charge >= 0.3 is 0 Å². The Hall–Kier alpha value is -0.450. The molecule has 1 aromatic rings. The third kappa shape index (κ3) is 3.55. The third-order valence-electron chi connectivity index (χ3n) is 2.85. The van der Waals surface area contributed by atoms with Crippen LogP contribution in [0, 0.1) is 12.8 Å². The molecule has 1 unspecified atom stereocenters. The highest BCUT2D eigenvalue weighted by Crippen LogP contribution is 2.32. The summed E-state index contributed by atoms with van der Waals surface area (Å²) in [6.07, 6.45) is 5.74. The van der Waals surface area contributed by atoms with Crippen LogP contribution in [0.25, 0.3) is 0 Å². The molecule has 1 aliphatic carbocycles. The number of rotatable bonds is 6. The summed E-state index contributed by atoms with van der Waals surface area (Å²) >= 11 is 1.76. The van der Waals surface area contributed by atoms with E-state index in [4.69, 9.17) is 5.73 Å². The number of hydrogen-bond acceptors (Lipinski definition) is 4. The summed E-state index contributed by atoms with van der Waals surface area (Å²) in [6.45, 7) is 3.99. The number of thiazole rings is 1. The standard InChI is InChI=1S/C11H19N3S/c1-8-14-7-10(15-8)6-13-5-4-11(12)9-2-3-9/h7,9,11,13H,2-6,12H2,1H3. The van der Waals surface area contributed by atoms with Crippen molar-refractivity contribution >= 4 is 11.3 Å². The van der Waals surface area contributed by atoms with Gasteiger partial charge in [0, 0.05) is 23.7 Å². The fourth-order valence-corrected chi connectivity index (χ4v) is 2.49. The average molecular weight is 225 g/mol. The molecule has 0 amide bonds. The minimum atomic E-state index is 0.417. The van der Waals surface area contributed by atoms with Gasteiger partial charge in [0.25, 0.3) is 0 Å². The lowest BCUT2D eigenvalue weighted by Crippen LogP contribution is -2.27. The van der Waals surface area contributed by atoms with E-state index in [-0.39, 0.29) is 0 Å². The van der Waals surface area contributed by atoms with Crippen LogP contribution < -0.4 is 11.1 Å². The van der Waals surface area contributed by atoms with Gasteiger partial charge in [0.15, 0.2) is 0 Å². The lowest BCUT2D eigenvalue weighted by atomic mass is 10.1. The molecule has 1 fully saturated rings. The van der Waals surface area contributed by atoms with E-state index in [0.717, 1.165) is 30.4 Å². The van der Waals surface area contributed by atoms with Crippen LogP contribution in [0.3, 0.4) is 0 Å². The molecule has 1 atom stereocenters. The lowest BCUT2D eigenvalue weighted by molar-refractivity contribution is 0.518. The zero-order valence-corrected chi connectivity index (χ0v) is 10.0. The first-order valence-corrected chi connectivity index (χ1v) is 6.45. The monoisotopic (exact) mass is 225 g/mol. The molecular formula is C11H19N3S. The molecule has 1 saturated carbocycles. The van der Waals surface area contributed by atoms with Crippen LogP contribution >= 0.6 is 11.3 Å². The second kappa shape index (κ2) is 5.05. The van der Waals surface area contributed by atoms with E-state index >= 15 is 0 Å². The highest BCUT2D eigenvalue weighted by atomic mass is 32.1. The summed E-state index contributed by atoms with van der Waals surface area (Å²) in [6, 6.07) is 0.417. The van der Waals surface area contributed by atoms with Crippen molar-refractivity contribution in [3.63, 3.8) is 0 Å². The molecule has 0 aliphatic heterocycles. The van der Waals surface area contributed by atoms with Crippen molar-refractivity contribution in [2.24, 2.45) is 11.7 Å². The van der Waals surface area contributed by atoms with Gasteiger partial charge in [-0.25, -0.2) is 4.98 Å². The fraction of sp³-hybridized carbons (Fsp3) is 0.727. The van der Waals surface area contributed by atoms with Crippen LogP contribution in [-0.4, -0.2) is 17.6 Å². The highest BCUT2D eigenvalue weighted by Gasteiger charge is 2.27. The summed E-state index contributed by atoms with van der Waals surface area (Å²) in [7, 11) is 0.